The Morgan fingerprint density at radius 2 is 1.78 bits per heavy atom. The number of rotatable bonds is 6. The molecule has 3 amide bonds. The molecule has 10 heteroatoms. The van der Waals surface area contributed by atoms with Gasteiger partial charge in [0.15, 0.2) is 0 Å². The lowest BCUT2D eigenvalue weighted by atomic mass is 9.93. The fourth-order valence-electron chi connectivity index (χ4n) is 3.61. The minimum absolute atomic E-state index is 0.175. The average molecular weight is 448 g/mol. The minimum Gasteiger partial charge on any atom is -0.487 e. The maximum atomic E-state index is 12.4. The van der Waals surface area contributed by atoms with Crippen molar-refractivity contribution in [3.8, 4) is 5.75 Å². The van der Waals surface area contributed by atoms with Gasteiger partial charge in [-0.3, -0.25) is 9.78 Å². The molecule has 2 aliphatic rings. The molecule has 3 heterocycles. The fraction of sp³-hybridized carbons (Fsp3) is 0.409. The molecule has 0 radical (unpaired) electrons. The van der Waals surface area contributed by atoms with E-state index in [1.54, 1.807) is 35.4 Å². The minimum atomic E-state index is -4.33. The summed E-state index contributed by atoms with van der Waals surface area (Å²) in [5.74, 6) is 0.348. The number of pyridine rings is 1. The first-order chi connectivity index (χ1) is 15.3. The van der Waals surface area contributed by atoms with Crippen LogP contribution in [0.5, 0.6) is 5.75 Å². The van der Waals surface area contributed by atoms with Crippen LogP contribution in [0.25, 0.3) is 0 Å². The van der Waals surface area contributed by atoms with Gasteiger partial charge in [-0.25, -0.2) is 4.79 Å². The van der Waals surface area contributed by atoms with E-state index in [-0.39, 0.29) is 25.2 Å². The number of anilines is 1. The van der Waals surface area contributed by atoms with Gasteiger partial charge < -0.3 is 19.9 Å². The number of urea groups is 1. The molecule has 0 bridgehead atoms. The second-order valence-corrected chi connectivity index (χ2v) is 8.00. The topological polar surface area (TPSA) is 74.8 Å². The van der Waals surface area contributed by atoms with Crippen LogP contribution in [-0.4, -0.2) is 65.2 Å². The van der Waals surface area contributed by atoms with Crippen LogP contribution in [0.15, 0.2) is 48.8 Å². The number of halogens is 3. The average Bonchev–Trinajstić information content (AvgIpc) is 2.69. The quantitative estimate of drug-likeness (QED) is 0.732. The SMILES string of the molecule is O=C(CCC(F)(F)F)N1CC(Oc2ccc(NC(=O)N3CC(c4cccnc4)C3)cc2)C1. The largest absolute Gasteiger partial charge is 0.487 e. The van der Waals surface area contributed by atoms with Crippen LogP contribution in [-0.2, 0) is 4.79 Å². The number of alkyl halides is 3. The van der Waals surface area contributed by atoms with E-state index in [2.05, 4.69) is 10.3 Å². The van der Waals surface area contributed by atoms with Gasteiger partial charge in [-0.2, -0.15) is 13.2 Å². The predicted molar refractivity (Wildman–Crippen MR) is 110 cm³/mol. The second-order valence-electron chi connectivity index (χ2n) is 8.00. The van der Waals surface area contributed by atoms with E-state index in [1.165, 1.54) is 4.90 Å². The van der Waals surface area contributed by atoms with Crippen LogP contribution in [0, 0.1) is 0 Å². The summed E-state index contributed by atoms with van der Waals surface area (Å²) >= 11 is 0. The van der Waals surface area contributed by atoms with Crippen LogP contribution in [0.3, 0.4) is 0 Å². The number of hydrogen-bond acceptors (Lipinski definition) is 4. The molecule has 0 spiro atoms. The summed E-state index contributed by atoms with van der Waals surface area (Å²) in [4.78, 5) is 31.3. The van der Waals surface area contributed by atoms with Crippen LogP contribution < -0.4 is 10.1 Å². The first kappa shape index (κ1) is 21.9. The molecule has 7 nitrogen and oxygen atoms in total. The van der Waals surface area contributed by atoms with Crippen molar-refractivity contribution in [1.29, 1.82) is 0 Å². The number of benzene rings is 1. The van der Waals surface area contributed by atoms with E-state index in [0.29, 0.717) is 30.4 Å². The molecule has 2 aromatic rings. The van der Waals surface area contributed by atoms with E-state index in [0.717, 1.165) is 5.56 Å². The fourth-order valence-corrected chi connectivity index (χ4v) is 3.61. The molecule has 1 aromatic carbocycles. The summed E-state index contributed by atoms with van der Waals surface area (Å²) in [6.07, 6.45) is -2.69. The van der Waals surface area contributed by atoms with Gasteiger partial charge in [-0.05, 0) is 35.9 Å². The van der Waals surface area contributed by atoms with Gasteiger partial charge in [0.25, 0.3) is 0 Å². The van der Waals surface area contributed by atoms with Gasteiger partial charge in [0.2, 0.25) is 5.91 Å². The van der Waals surface area contributed by atoms with Crippen LogP contribution in [0.4, 0.5) is 23.7 Å². The maximum Gasteiger partial charge on any atom is 0.389 e. The summed E-state index contributed by atoms with van der Waals surface area (Å²) in [5, 5.41) is 2.84. The molecule has 2 aliphatic heterocycles. The third kappa shape index (κ3) is 5.49. The summed E-state index contributed by atoms with van der Waals surface area (Å²) in [6, 6.07) is 10.6. The van der Waals surface area contributed by atoms with Gasteiger partial charge in [0, 0.05) is 43.5 Å². The van der Waals surface area contributed by atoms with Crippen LogP contribution in [0.1, 0.15) is 24.3 Å². The number of likely N-dealkylation sites (tertiary alicyclic amines) is 2. The first-order valence-corrected chi connectivity index (χ1v) is 10.3. The molecule has 0 saturated carbocycles. The Bertz CT molecular complexity index is 941. The smallest absolute Gasteiger partial charge is 0.389 e. The van der Waals surface area contributed by atoms with Crippen molar-refractivity contribution in [3.63, 3.8) is 0 Å². The zero-order valence-corrected chi connectivity index (χ0v) is 17.2. The molecular weight excluding hydrogens is 425 g/mol. The summed E-state index contributed by atoms with van der Waals surface area (Å²) in [6.45, 7) is 1.81. The molecule has 0 atom stereocenters. The number of nitrogens with one attached hydrogen (secondary N) is 1. The van der Waals surface area contributed by atoms with Crippen molar-refractivity contribution in [2.45, 2.75) is 31.0 Å². The Kier molecular flexibility index (Phi) is 6.20. The van der Waals surface area contributed by atoms with Crippen molar-refractivity contribution in [2.75, 3.05) is 31.5 Å². The zero-order chi connectivity index (χ0) is 22.7. The predicted octanol–water partition coefficient (Wildman–Crippen LogP) is 3.65. The van der Waals surface area contributed by atoms with Gasteiger partial charge in [-0.15, -0.1) is 0 Å². The highest BCUT2D eigenvalue weighted by atomic mass is 19.4. The van der Waals surface area contributed by atoms with Crippen molar-refractivity contribution < 1.29 is 27.5 Å². The summed E-state index contributed by atoms with van der Waals surface area (Å²) in [5.41, 5.74) is 1.75. The number of ether oxygens (including phenoxy) is 1. The second kappa shape index (κ2) is 9.05. The van der Waals surface area contributed by atoms with Crippen molar-refractivity contribution in [3.05, 3.63) is 54.4 Å². The molecule has 1 N–H and O–H groups in total. The molecule has 170 valence electrons. The Morgan fingerprint density at radius 3 is 2.41 bits per heavy atom. The highest BCUT2D eigenvalue weighted by Gasteiger charge is 2.35. The van der Waals surface area contributed by atoms with E-state index in [4.69, 9.17) is 4.74 Å². The number of carbonyl (C=O) groups excluding carboxylic acids is 2. The van der Waals surface area contributed by atoms with Gasteiger partial charge in [-0.1, -0.05) is 6.07 Å². The van der Waals surface area contributed by atoms with Crippen LogP contribution >= 0.6 is 0 Å². The Morgan fingerprint density at radius 1 is 1.06 bits per heavy atom. The Hall–Kier alpha value is -3.30. The third-order valence-corrected chi connectivity index (χ3v) is 5.56. The van der Waals surface area contributed by atoms with Crippen molar-refractivity contribution >= 4 is 17.6 Å². The molecule has 0 unspecified atom stereocenters. The molecule has 1 aromatic heterocycles. The zero-order valence-electron chi connectivity index (χ0n) is 17.2. The third-order valence-electron chi connectivity index (χ3n) is 5.56. The van der Waals surface area contributed by atoms with E-state index in [9.17, 15) is 22.8 Å². The number of aromatic nitrogens is 1. The molecular formula is C22H23F3N4O3. The number of amides is 3. The maximum absolute atomic E-state index is 12.4. The van der Waals surface area contributed by atoms with Crippen molar-refractivity contribution in [2.24, 2.45) is 0 Å². The normalized spacial score (nSPS) is 16.8. The van der Waals surface area contributed by atoms with E-state index in [1.807, 2.05) is 18.3 Å². The molecule has 32 heavy (non-hydrogen) atoms. The van der Waals surface area contributed by atoms with Gasteiger partial charge in [0.05, 0.1) is 19.5 Å². The first-order valence-electron chi connectivity index (χ1n) is 10.3. The highest BCUT2D eigenvalue weighted by molar-refractivity contribution is 5.90. The number of carbonyl (C=O) groups is 2. The molecule has 4 rings (SSSR count). The number of hydrogen-bond donors (Lipinski definition) is 1. The lowest BCUT2D eigenvalue weighted by Gasteiger charge is -2.39. The lowest BCUT2D eigenvalue weighted by Crippen LogP contribution is -2.56. The molecule has 0 aliphatic carbocycles. The van der Waals surface area contributed by atoms with E-state index >= 15 is 0 Å². The van der Waals surface area contributed by atoms with Gasteiger partial charge >= 0.3 is 12.2 Å². The Balaban J connectivity index is 1.17. The molecule has 2 fully saturated rings. The summed E-state index contributed by atoms with van der Waals surface area (Å²) in [7, 11) is 0. The Labute approximate surface area is 183 Å². The highest BCUT2D eigenvalue weighted by Crippen LogP contribution is 2.28. The lowest BCUT2D eigenvalue weighted by molar-refractivity contribution is -0.154. The molecule has 2 saturated heterocycles. The summed E-state index contributed by atoms with van der Waals surface area (Å²) < 4.78 is 42.4. The van der Waals surface area contributed by atoms with Gasteiger partial charge in [0.1, 0.15) is 11.9 Å². The standard InChI is InChI=1S/C22H23F3N4O3/c23-22(24,25)8-7-20(30)28-13-19(14-28)32-18-5-3-17(4-6-18)27-21(31)29-11-16(12-29)15-2-1-9-26-10-15/h1-6,9-10,16,19H,7-8,11-14H2,(H,27,31). The van der Waals surface area contributed by atoms with Crippen molar-refractivity contribution in [1.82, 2.24) is 14.8 Å². The monoisotopic (exact) mass is 448 g/mol. The van der Waals surface area contributed by atoms with Crippen LogP contribution in [0.2, 0.25) is 0 Å². The van der Waals surface area contributed by atoms with E-state index < -0.39 is 24.9 Å². The number of nitrogens with zero attached hydrogens (tertiary/aromatic N) is 3.